The highest BCUT2D eigenvalue weighted by Gasteiger charge is 2.45. The number of oxime groups is 1. The number of pyridine rings is 2. The van der Waals surface area contributed by atoms with Gasteiger partial charge in [0.25, 0.3) is 11.8 Å². The molecule has 2 amide bonds. The van der Waals surface area contributed by atoms with Gasteiger partial charge in [-0.1, -0.05) is 5.16 Å². The van der Waals surface area contributed by atoms with Gasteiger partial charge in [-0.2, -0.15) is 0 Å². The second kappa shape index (κ2) is 7.17. The third-order valence-electron chi connectivity index (χ3n) is 5.32. The monoisotopic (exact) mass is 421 g/mol. The van der Waals surface area contributed by atoms with Gasteiger partial charge in [-0.15, -0.1) is 11.3 Å². The van der Waals surface area contributed by atoms with Crippen LogP contribution in [-0.2, 0) is 9.63 Å². The molecule has 8 nitrogen and oxygen atoms in total. The number of carbonyl (C=O) groups is 2. The van der Waals surface area contributed by atoms with E-state index in [1.54, 1.807) is 23.5 Å². The Hall–Kier alpha value is -3.33. The molecule has 0 saturated carbocycles. The van der Waals surface area contributed by atoms with Crippen molar-refractivity contribution < 1.29 is 14.4 Å². The van der Waals surface area contributed by atoms with Gasteiger partial charge < -0.3 is 15.1 Å². The maximum Gasteiger partial charge on any atom is 0.274 e. The van der Waals surface area contributed by atoms with Crippen LogP contribution >= 0.6 is 11.3 Å². The molecule has 0 bridgehead atoms. The summed E-state index contributed by atoms with van der Waals surface area (Å²) < 4.78 is 0.888. The fourth-order valence-electron chi connectivity index (χ4n) is 3.81. The number of rotatable bonds is 4. The minimum atomic E-state index is -0.677. The summed E-state index contributed by atoms with van der Waals surface area (Å²) in [6.07, 6.45) is 4.74. The van der Waals surface area contributed by atoms with E-state index in [9.17, 15) is 9.59 Å². The van der Waals surface area contributed by atoms with E-state index in [4.69, 9.17) is 4.84 Å². The fraction of sp³-hybridized carbons (Fsp3) is 0.286. The lowest BCUT2D eigenvalue weighted by molar-refractivity contribution is -0.134. The second-order valence-electron chi connectivity index (χ2n) is 7.79. The van der Waals surface area contributed by atoms with E-state index in [0.717, 1.165) is 15.6 Å². The topological polar surface area (TPSA) is 96.8 Å². The van der Waals surface area contributed by atoms with Crippen molar-refractivity contribution in [3.05, 3.63) is 59.5 Å². The first-order chi connectivity index (χ1) is 14.5. The summed E-state index contributed by atoms with van der Waals surface area (Å²) in [5.74, 6) is -0.347. The summed E-state index contributed by atoms with van der Waals surface area (Å²) in [5, 5.41) is 10.0. The molecule has 1 fully saturated rings. The van der Waals surface area contributed by atoms with E-state index >= 15 is 0 Å². The van der Waals surface area contributed by atoms with Crippen LogP contribution in [0.4, 0.5) is 0 Å². The molecule has 0 aliphatic carbocycles. The SMILES string of the molecule is CC1(NC(=O)C2CC(c3cccnc3)=NO2)CN(C(=O)c2nccc3ccsc23)C1. The van der Waals surface area contributed by atoms with Crippen molar-refractivity contribution in [2.45, 2.75) is 25.0 Å². The van der Waals surface area contributed by atoms with Crippen LogP contribution < -0.4 is 5.32 Å². The van der Waals surface area contributed by atoms with Gasteiger partial charge in [-0.05, 0) is 42.0 Å². The van der Waals surface area contributed by atoms with E-state index in [1.165, 1.54) is 11.3 Å². The number of nitrogens with one attached hydrogen (secondary N) is 1. The third-order valence-corrected chi connectivity index (χ3v) is 6.26. The molecule has 1 N–H and O–H groups in total. The first kappa shape index (κ1) is 18.7. The summed E-state index contributed by atoms with van der Waals surface area (Å²) in [6, 6.07) is 7.57. The van der Waals surface area contributed by atoms with Gasteiger partial charge in [0.1, 0.15) is 5.69 Å². The smallest absolute Gasteiger partial charge is 0.274 e. The largest absolute Gasteiger partial charge is 0.382 e. The van der Waals surface area contributed by atoms with Crippen LogP contribution in [0.25, 0.3) is 10.1 Å². The zero-order valence-corrected chi connectivity index (χ0v) is 17.1. The summed E-state index contributed by atoms with van der Waals surface area (Å²) in [6.45, 7) is 2.76. The molecule has 1 atom stereocenters. The predicted octanol–water partition coefficient (Wildman–Crippen LogP) is 2.22. The number of thiophene rings is 1. The van der Waals surface area contributed by atoms with Gasteiger partial charge >= 0.3 is 0 Å². The number of hydrogen-bond donors (Lipinski definition) is 1. The standard InChI is InChI=1S/C21H19N5O3S/c1-21(24-19(27)16-9-15(25-29-16)14-3-2-6-22-10-14)11-26(12-21)20(28)17-18-13(4-7-23-17)5-8-30-18/h2-8,10,16H,9,11-12H2,1H3,(H,24,27). The summed E-state index contributed by atoms with van der Waals surface area (Å²) in [4.78, 5) is 40.9. The maximum atomic E-state index is 12.9. The lowest BCUT2D eigenvalue weighted by Gasteiger charge is -2.48. The minimum absolute atomic E-state index is 0.117. The number of carbonyl (C=O) groups excluding carboxylic acids is 2. The van der Waals surface area contributed by atoms with Gasteiger partial charge in [0.2, 0.25) is 6.10 Å². The zero-order chi connectivity index (χ0) is 20.7. The van der Waals surface area contributed by atoms with Crippen molar-refractivity contribution in [3.8, 4) is 0 Å². The van der Waals surface area contributed by atoms with Gasteiger partial charge in [0, 0.05) is 43.7 Å². The molecule has 9 heteroatoms. The van der Waals surface area contributed by atoms with Crippen LogP contribution in [0.2, 0.25) is 0 Å². The molecule has 1 saturated heterocycles. The average Bonchev–Trinajstić information content (AvgIpc) is 3.41. The van der Waals surface area contributed by atoms with Crippen LogP contribution in [0.5, 0.6) is 0 Å². The Balaban J connectivity index is 1.19. The number of aromatic nitrogens is 2. The molecule has 0 spiro atoms. The number of likely N-dealkylation sites (tertiary alicyclic amines) is 1. The second-order valence-corrected chi connectivity index (χ2v) is 8.70. The molecule has 3 aromatic heterocycles. The Morgan fingerprint density at radius 1 is 1.27 bits per heavy atom. The molecule has 2 aliphatic heterocycles. The average molecular weight is 421 g/mol. The predicted molar refractivity (Wildman–Crippen MR) is 112 cm³/mol. The van der Waals surface area contributed by atoms with Crippen molar-refractivity contribution in [2.75, 3.05) is 13.1 Å². The van der Waals surface area contributed by atoms with Gasteiger partial charge in [0.15, 0.2) is 0 Å². The highest BCUT2D eigenvalue weighted by molar-refractivity contribution is 7.17. The van der Waals surface area contributed by atoms with E-state index in [2.05, 4.69) is 20.4 Å². The van der Waals surface area contributed by atoms with Crippen LogP contribution in [0.15, 0.2) is 53.4 Å². The number of fused-ring (bicyclic) bond motifs is 1. The van der Waals surface area contributed by atoms with Gasteiger partial charge in [-0.25, -0.2) is 4.98 Å². The van der Waals surface area contributed by atoms with E-state index in [0.29, 0.717) is 30.9 Å². The Morgan fingerprint density at radius 2 is 2.13 bits per heavy atom. The molecule has 1 unspecified atom stereocenters. The Labute approximate surface area is 176 Å². The molecular weight excluding hydrogens is 402 g/mol. The quantitative estimate of drug-likeness (QED) is 0.697. The normalized spacial score (nSPS) is 19.7. The van der Waals surface area contributed by atoms with Crippen molar-refractivity contribution in [1.29, 1.82) is 0 Å². The van der Waals surface area contributed by atoms with Gasteiger partial charge in [-0.3, -0.25) is 14.6 Å². The summed E-state index contributed by atoms with van der Waals surface area (Å²) in [5.41, 5.74) is 1.50. The number of nitrogens with zero attached hydrogens (tertiary/aromatic N) is 4. The molecule has 30 heavy (non-hydrogen) atoms. The third kappa shape index (κ3) is 3.30. The van der Waals surface area contributed by atoms with Crippen LogP contribution in [0.1, 0.15) is 29.4 Å². The highest BCUT2D eigenvalue weighted by Crippen LogP contribution is 2.28. The van der Waals surface area contributed by atoms with Crippen molar-refractivity contribution in [3.63, 3.8) is 0 Å². The summed E-state index contributed by atoms with van der Waals surface area (Å²) in [7, 11) is 0. The molecule has 152 valence electrons. The Bertz CT molecular complexity index is 1150. The Morgan fingerprint density at radius 3 is 2.93 bits per heavy atom. The first-order valence-electron chi connectivity index (χ1n) is 9.59. The lowest BCUT2D eigenvalue weighted by Crippen LogP contribution is -2.70. The molecule has 5 heterocycles. The van der Waals surface area contributed by atoms with Gasteiger partial charge in [0.05, 0.1) is 16.0 Å². The highest BCUT2D eigenvalue weighted by atomic mass is 32.1. The molecule has 5 rings (SSSR count). The molecule has 0 aromatic carbocycles. The van der Waals surface area contributed by atoms with E-state index in [-0.39, 0.29) is 11.8 Å². The van der Waals surface area contributed by atoms with Crippen molar-refractivity contribution in [2.24, 2.45) is 5.16 Å². The number of hydrogen-bond acceptors (Lipinski definition) is 7. The van der Waals surface area contributed by atoms with Crippen molar-refractivity contribution >= 4 is 38.9 Å². The van der Waals surface area contributed by atoms with Crippen LogP contribution in [-0.4, -0.2) is 57.1 Å². The Kier molecular flexibility index (Phi) is 4.47. The summed E-state index contributed by atoms with van der Waals surface area (Å²) >= 11 is 1.51. The van der Waals surface area contributed by atoms with E-state index in [1.807, 2.05) is 36.6 Å². The maximum absolute atomic E-state index is 12.9. The van der Waals surface area contributed by atoms with E-state index < -0.39 is 11.6 Å². The minimum Gasteiger partial charge on any atom is -0.382 e. The van der Waals surface area contributed by atoms with Crippen LogP contribution in [0, 0.1) is 0 Å². The number of amides is 2. The molecule has 0 radical (unpaired) electrons. The zero-order valence-electron chi connectivity index (χ0n) is 16.2. The first-order valence-corrected chi connectivity index (χ1v) is 10.5. The lowest BCUT2D eigenvalue weighted by atomic mass is 9.91. The van der Waals surface area contributed by atoms with Crippen LogP contribution in [0.3, 0.4) is 0 Å². The molecule has 2 aliphatic rings. The molecule has 3 aromatic rings. The molecular formula is C21H19N5O3S. The van der Waals surface area contributed by atoms with Crippen molar-refractivity contribution in [1.82, 2.24) is 20.2 Å². The fourth-order valence-corrected chi connectivity index (χ4v) is 4.69.